The Kier molecular flexibility index (Phi) is 4.59. The summed E-state index contributed by atoms with van der Waals surface area (Å²) in [7, 11) is 0. The average Bonchev–Trinajstić information content (AvgIpc) is 2.33. The summed E-state index contributed by atoms with van der Waals surface area (Å²) in [6, 6.07) is 12.3. The van der Waals surface area contributed by atoms with Gasteiger partial charge in [0.05, 0.1) is 0 Å². The van der Waals surface area contributed by atoms with Crippen LogP contribution in [0.25, 0.3) is 0 Å². The molecule has 0 amide bonds. The van der Waals surface area contributed by atoms with Crippen LogP contribution in [-0.4, -0.2) is 0 Å². The summed E-state index contributed by atoms with van der Waals surface area (Å²) in [4.78, 5) is 0. The summed E-state index contributed by atoms with van der Waals surface area (Å²) in [6.45, 7) is 0. The molecule has 0 bridgehead atoms. The van der Waals surface area contributed by atoms with Crippen LogP contribution < -0.4 is 5.73 Å². The van der Waals surface area contributed by atoms with E-state index in [1.165, 1.54) is 15.7 Å². The summed E-state index contributed by atoms with van der Waals surface area (Å²) >= 11 is 8.24. The van der Waals surface area contributed by atoms with Crippen LogP contribution >= 0.6 is 34.2 Å². The lowest BCUT2D eigenvalue weighted by molar-refractivity contribution is 0.625. The maximum Gasteiger partial charge on any atom is 0.124 e. The first-order valence-electron chi connectivity index (χ1n) is 5.51. The van der Waals surface area contributed by atoms with Gasteiger partial charge in [0.15, 0.2) is 0 Å². The van der Waals surface area contributed by atoms with Gasteiger partial charge in [-0.15, -0.1) is 0 Å². The van der Waals surface area contributed by atoms with Crippen LogP contribution in [0.5, 0.6) is 0 Å². The van der Waals surface area contributed by atoms with Gasteiger partial charge >= 0.3 is 0 Å². The van der Waals surface area contributed by atoms with Crippen molar-refractivity contribution >= 4 is 34.2 Å². The van der Waals surface area contributed by atoms with Crippen LogP contribution in [0.15, 0.2) is 42.5 Å². The number of rotatable bonds is 3. The van der Waals surface area contributed by atoms with Gasteiger partial charge < -0.3 is 5.73 Å². The van der Waals surface area contributed by atoms with Gasteiger partial charge in [0.1, 0.15) is 5.82 Å². The van der Waals surface area contributed by atoms with Crippen molar-refractivity contribution in [2.45, 2.75) is 12.5 Å². The first kappa shape index (κ1) is 13.8. The Bertz CT molecular complexity index is 542. The van der Waals surface area contributed by atoms with E-state index in [2.05, 4.69) is 22.6 Å². The van der Waals surface area contributed by atoms with Crippen LogP contribution in [0, 0.1) is 9.39 Å². The van der Waals surface area contributed by atoms with Gasteiger partial charge in [0.2, 0.25) is 0 Å². The molecule has 1 nitrogen and oxygen atoms in total. The average molecular weight is 376 g/mol. The van der Waals surface area contributed by atoms with Crippen molar-refractivity contribution in [3.63, 3.8) is 0 Å². The summed E-state index contributed by atoms with van der Waals surface area (Å²) < 4.78 is 14.1. The van der Waals surface area contributed by atoms with E-state index in [0.717, 1.165) is 11.1 Å². The zero-order valence-electron chi connectivity index (χ0n) is 9.54. The molecule has 0 aromatic heterocycles. The highest BCUT2D eigenvalue weighted by atomic mass is 127. The zero-order valence-corrected chi connectivity index (χ0v) is 12.5. The first-order valence-corrected chi connectivity index (χ1v) is 6.97. The molecule has 18 heavy (non-hydrogen) atoms. The highest BCUT2D eigenvalue weighted by molar-refractivity contribution is 14.1. The molecule has 2 N–H and O–H groups in total. The number of benzene rings is 2. The van der Waals surface area contributed by atoms with Crippen molar-refractivity contribution in [1.82, 2.24) is 0 Å². The molecule has 4 heteroatoms. The Balaban J connectivity index is 2.15. The molecule has 2 rings (SSSR count). The Morgan fingerprint density at radius 3 is 2.44 bits per heavy atom. The van der Waals surface area contributed by atoms with Crippen LogP contribution in [0.2, 0.25) is 5.02 Å². The Hall–Kier alpha value is -0.650. The Labute approximate surface area is 124 Å². The second-order valence-corrected chi connectivity index (χ2v) is 5.75. The van der Waals surface area contributed by atoms with Crippen molar-refractivity contribution in [2.24, 2.45) is 5.73 Å². The molecule has 0 heterocycles. The van der Waals surface area contributed by atoms with E-state index >= 15 is 0 Å². The molecule has 2 aromatic rings. The fourth-order valence-corrected chi connectivity index (χ4v) is 2.36. The quantitative estimate of drug-likeness (QED) is 0.794. The van der Waals surface area contributed by atoms with Gasteiger partial charge in [-0.25, -0.2) is 4.39 Å². The predicted octanol–water partition coefficient (Wildman–Crippen LogP) is 4.33. The van der Waals surface area contributed by atoms with E-state index < -0.39 is 0 Å². The highest BCUT2D eigenvalue weighted by Gasteiger charge is 2.10. The number of hydrogen-bond donors (Lipinski definition) is 1. The minimum absolute atomic E-state index is 0.134. The minimum Gasteiger partial charge on any atom is -0.324 e. The maximum absolute atomic E-state index is 12.9. The van der Waals surface area contributed by atoms with Gasteiger partial charge in [-0.2, -0.15) is 0 Å². The first-order chi connectivity index (χ1) is 8.56. The smallest absolute Gasteiger partial charge is 0.124 e. The Morgan fingerprint density at radius 1 is 1.17 bits per heavy atom. The summed E-state index contributed by atoms with van der Waals surface area (Å²) in [5.74, 6) is -0.327. The monoisotopic (exact) mass is 375 g/mol. The summed E-state index contributed by atoms with van der Waals surface area (Å²) in [5.41, 5.74) is 8.05. The van der Waals surface area contributed by atoms with E-state index in [0.29, 0.717) is 11.4 Å². The third-order valence-electron chi connectivity index (χ3n) is 2.75. The molecule has 94 valence electrons. The molecule has 0 spiro atoms. The Morgan fingerprint density at radius 2 is 1.83 bits per heavy atom. The van der Waals surface area contributed by atoms with Crippen molar-refractivity contribution in [2.75, 3.05) is 0 Å². The third-order valence-corrected chi connectivity index (χ3v) is 3.82. The van der Waals surface area contributed by atoms with E-state index in [1.54, 1.807) is 6.07 Å². The lowest BCUT2D eigenvalue weighted by Gasteiger charge is -2.13. The molecule has 1 unspecified atom stereocenters. The maximum atomic E-state index is 12.9. The van der Waals surface area contributed by atoms with Crippen LogP contribution in [0.3, 0.4) is 0 Å². The van der Waals surface area contributed by atoms with Crippen molar-refractivity contribution in [1.29, 1.82) is 0 Å². The number of halogens is 3. The van der Waals surface area contributed by atoms with E-state index in [9.17, 15) is 4.39 Å². The molecular formula is C14H12ClFIN. The zero-order chi connectivity index (χ0) is 13.1. The molecule has 0 aliphatic heterocycles. The van der Waals surface area contributed by atoms with E-state index in [1.807, 2.05) is 24.3 Å². The molecule has 0 aliphatic rings. The molecular weight excluding hydrogens is 364 g/mol. The van der Waals surface area contributed by atoms with Crippen LogP contribution in [-0.2, 0) is 6.42 Å². The fourth-order valence-electron chi connectivity index (χ4n) is 1.75. The van der Waals surface area contributed by atoms with Gasteiger partial charge in [-0.1, -0.05) is 29.8 Å². The van der Waals surface area contributed by atoms with Gasteiger partial charge in [0.25, 0.3) is 0 Å². The van der Waals surface area contributed by atoms with Gasteiger partial charge in [0, 0.05) is 14.6 Å². The summed E-state index contributed by atoms with van der Waals surface area (Å²) in [5, 5.41) is 0.427. The molecule has 0 radical (unpaired) electrons. The topological polar surface area (TPSA) is 26.0 Å². The minimum atomic E-state index is -0.327. The van der Waals surface area contributed by atoms with Gasteiger partial charge in [-0.3, -0.25) is 0 Å². The number of hydrogen-bond acceptors (Lipinski definition) is 1. The number of nitrogens with two attached hydrogens (primary N) is 1. The summed E-state index contributed by atoms with van der Waals surface area (Å²) in [6.07, 6.45) is 0.597. The second kappa shape index (κ2) is 5.99. The molecule has 0 fully saturated rings. The predicted molar refractivity (Wildman–Crippen MR) is 81.2 cm³/mol. The lowest BCUT2D eigenvalue weighted by Crippen LogP contribution is -2.13. The molecule has 0 saturated heterocycles. The fraction of sp³-hybridized carbons (Fsp3) is 0.143. The second-order valence-electron chi connectivity index (χ2n) is 4.10. The van der Waals surface area contributed by atoms with Crippen molar-refractivity contribution in [3.05, 3.63) is 68.0 Å². The van der Waals surface area contributed by atoms with Crippen LogP contribution in [0.1, 0.15) is 17.2 Å². The molecule has 1 atom stereocenters. The largest absolute Gasteiger partial charge is 0.324 e. The van der Waals surface area contributed by atoms with Gasteiger partial charge in [-0.05, 0) is 64.4 Å². The van der Waals surface area contributed by atoms with E-state index in [4.69, 9.17) is 17.3 Å². The molecule has 0 aliphatic carbocycles. The highest BCUT2D eigenvalue weighted by Crippen LogP contribution is 2.23. The normalized spacial score (nSPS) is 12.4. The lowest BCUT2D eigenvalue weighted by atomic mass is 10.00. The third kappa shape index (κ3) is 3.43. The SMILES string of the molecule is NC(Cc1ccc(F)cc1Cl)c1ccc(I)cc1. The van der Waals surface area contributed by atoms with Crippen molar-refractivity contribution in [3.8, 4) is 0 Å². The standard InChI is InChI=1S/C14H12ClFIN/c15-13-8-11(16)4-1-10(13)7-14(18)9-2-5-12(17)6-3-9/h1-6,8,14H,7,18H2. The van der Waals surface area contributed by atoms with Crippen molar-refractivity contribution < 1.29 is 4.39 Å². The van der Waals surface area contributed by atoms with E-state index in [-0.39, 0.29) is 11.9 Å². The molecule has 0 saturated carbocycles. The van der Waals surface area contributed by atoms with Crippen LogP contribution in [0.4, 0.5) is 4.39 Å². The molecule has 2 aromatic carbocycles.